The van der Waals surface area contributed by atoms with E-state index in [9.17, 15) is 9.59 Å². The zero-order chi connectivity index (χ0) is 23.8. The maximum atomic E-state index is 13.2. The van der Waals surface area contributed by atoms with Crippen molar-refractivity contribution in [3.63, 3.8) is 0 Å². The summed E-state index contributed by atoms with van der Waals surface area (Å²) in [7, 11) is 0. The fourth-order valence-corrected chi connectivity index (χ4v) is 5.00. The van der Waals surface area contributed by atoms with Gasteiger partial charge in [-0.3, -0.25) is 9.59 Å². The average Bonchev–Trinajstić information content (AvgIpc) is 3.64. The molecule has 2 saturated heterocycles. The van der Waals surface area contributed by atoms with Crippen LogP contribution >= 0.6 is 0 Å². The second-order valence-electron chi connectivity index (χ2n) is 8.87. The number of hydrogen-bond donors (Lipinski definition) is 2. The first-order valence-corrected chi connectivity index (χ1v) is 11.7. The minimum Gasteiger partial charge on any atom is -0.366 e. The van der Waals surface area contributed by atoms with E-state index in [1.807, 2.05) is 59.6 Å². The number of amides is 2. The van der Waals surface area contributed by atoms with Crippen molar-refractivity contribution in [3.05, 3.63) is 85.1 Å². The molecule has 0 radical (unpaired) electrons. The molecule has 2 fully saturated rings. The third-order valence-electron chi connectivity index (χ3n) is 6.75. The van der Waals surface area contributed by atoms with Crippen molar-refractivity contribution >= 4 is 17.6 Å². The summed E-state index contributed by atoms with van der Waals surface area (Å²) in [6.45, 7) is 2.07. The number of pyridine rings is 1. The second kappa shape index (κ2) is 8.75. The summed E-state index contributed by atoms with van der Waals surface area (Å²) in [5, 5.41) is 7.42. The van der Waals surface area contributed by atoms with Crippen molar-refractivity contribution in [2.24, 2.45) is 0 Å². The lowest BCUT2D eigenvalue weighted by Gasteiger charge is -2.37. The molecule has 2 atom stereocenters. The number of hydrogen-bond acceptors (Lipinski definition) is 5. The summed E-state index contributed by atoms with van der Waals surface area (Å²) >= 11 is 0. The Hall–Kier alpha value is -4.40. The number of aromatic nitrogens is 4. The van der Waals surface area contributed by atoms with Gasteiger partial charge in [-0.2, -0.15) is 5.10 Å². The molecule has 0 saturated carbocycles. The third-order valence-corrected chi connectivity index (χ3v) is 6.75. The predicted octanol–water partition coefficient (Wildman–Crippen LogP) is 2.48. The molecule has 4 aromatic rings. The van der Waals surface area contributed by atoms with E-state index in [-0.39, 0.29) is 17.9 Å². The first-order valence-electron chi connectivity index (χ1n) is 11.7. The zero-order valence-corrected chi connectivity index (χ0v) is 19.0. The molecule has 0 spiro atoms. The number of piperazine rings is 1. The highest BCUT2D eigenvalue weighted by Gasteiger charge is 2.43. The van der Waals surface area contributed by atoms with Crippen LogP contribution in [-0.4, -0.2) is 68.2 Å². The zero-order valence-electron chi connectivity index (χ0n) is 19.0. The van der Waals surface area contributed by atoms with Crippen LogP contribution < -0.4 is 10.2 Å². The summed E-state index contributed by atoms with van der Waals surface area (Å²) in [4.78, 5) is 37.8. The Kier molecular flexibility index (Phi) is 5.29. The molecular weight excluding hydrogens is 442 g/mol. The van der Waals surface area contributed by atoms with E-state index >= 15 is 0 Å². The number of anilines is 1. The Labute approximate surface area is 202 Å². The number of carbonyl (C=O) groups excluding carboxylic acids is 2. The molecule has 3 aromatic heterocycles. The van der Waals surface area contributed by atoms with Crippen molar-refractivity contribution in [1.82, 2.24) is 30.0 Å². The molecule has 9 nitrogen and oxygen atoms in total. The monoisotopic (exact) mass is 467 g/mol. The van der Waals surface area contributed by atoms with Gasteiger partial charge in [0.15, 0.2) is 0 Å². The van der Waals surface area contributed by atoms with Crippen LogP contribution in [0.3, 0.4) is 0 Å². The highest BCUT2D eigenvalue weighted by atomic mass is 16.2. The van der Waals surface area contributed by atoms with Gasteiger partial charge in [-0.25, -0.2) is 9.67 Å². The van der Waals surface area contributed by atoms with E-state index in [2.05, 4.69) is 25.3 Å². The van der Waals surface area contributed by atoms with Gasteiger partial charge in [0.25, 0.3) is 5.91 Å². The number of para-hydroxylation sites is 1. The van der Waals surface area contributed by atoms with Crippen molar-refractivity contribution in [3.8, 4) is 16.8 Å². The van der Waals surface area contributed by atoms with Gasteiger partial charge < -0.3 is 20.1 Å². The summed E-state index contributed by atoms with van der Waals surface area (Å²) in [6.07, 6.45) is 9.44. The van der Waals surface area contributed by atoms with Crippen LogP contribution in [-0.2, 0) is 4.79 Å². The maximum Gasteiger partial charge on any atom is 0.254 e. The van der Waals surface area contributed by atoms with E-state index in [1.165, 1.54) is 0 Å². The number of fused-ring (bicyclic) bond motifs is 1. The Morgan fingerprint density at radius 1 is 1.06 bits per heavy atom. The number of aromatic amines is 1. The molecule has 35 heavy (non-hydrogen) atoms. The van der Waals surface area contributed by atoms with Crippen molar-refractivity contribution in [2.75, 3.05) is 24.5 Å². The van der Waals surface area contributed by atoms with Crippen LogP contribution in [0.2, 0.25) is 0 Å². The lowest BCUT2D eigenvalue weighted by atomic mass is 10.1. The van der Waals surface area contributed by atoms with Gasteiger partial charge in [-0.1, -0.05) is 24.3 Å². The first-order chi connectivity index (χ1) is 17.2. The molecule has 0 bridgehead atoms. The maximum absolute atomic E-state index is 13.2. The Morgan fingerprint density at radius 2 is 1.91 bits per heavy atom. The SMILES string of the molecule is O=C(NC1CC2CN(c3ccccn3)CCN2C1=O)c1c[nH]cc1-c1cnn(-c2ccccc2)c1. The molecule has 1 aromatic carbocycles. The van der Waals surface area contributed by atoms with E-state index < -0.39 is 6.04 Å². The molecule has 2 amide bonds. The molecule has 5 heterocycles. The molecule has 2 aliphatic heterocycles. The summed E-state index contributed by atoms with van der Waals surface area (Å²) < 4.78 is 1.77. The van der Waals surface area contributed by atoms with Gasteiger partial charge in [0.05, 0.1) is 23.5 Å². The number of nitrogens with one attached hydrogen (secondary N) is 2. The Bertz CT molecular complexity index is 1350. The van der Waals surface area contributed by atoms with Gasteiger partial charge in [-0.05, 0) is 30.7 Å². The van der Waals surface area contributed by atoms with Crippen LogP contribution in [0.4, 0.5) is 5.82 Å². The average molecular weight is 468 g/mol. The van der Waals surface area contributed by atoms with E-state index in [0.29, 0.717) is 25.1 Å². The summed E-state index contributed by atoms with van der Waals surface area (Å²) in [5.41, 5.74) is 2.99. The molecule has 2 N–H and O–H groups in total. The molecule has 176 valence electrons. The highest BCUT2D eigenvalue weighted by Crippen LogP contribution is 2.28. The van der Waals surface area contributed by atoms with Gasteiger partial charge in [-0.15, -0.1) is 0 Å². The third kappa shape index (κ3) is 3.95. The Morgan fingerprint density at radius 3 is 2.74 bits per heavy atom. The highest BCUT2D eigenvalue weighted by molar-refractivity contribution is 6.03. The van der Waals surface area contributed by atoms with E-state index in [1.54, 1.807) is 29.5 Å². The fourth-order valence-electron chi connectivity index (χ4n) is 5.00. The summed E-state index contributed by atoms with van der Waals surface area (Å²) in [6, 6.07) is 15.2. The number of rotatable bonds is 5. The predicted molar refractivity (Wildman–Crippen MR) is 131 cm³/mol. The number of benzene rings is 1. The van der Waals surface area contributed by atoms with E-state index in [4.69, 9.17) is 0 Å². The smallest absolute Gasteiger partial charge is 0.254 e. The van der Waals surface area contributed by atoms with Gasteiger partial charge in [0, 0.05) is 55.5 Å². The standard InChI is InChI=1S/C26H25N7O2/c34-25(22-15-27-14-21(22)18-13-29-33(16-18)19-6-2-1-3-7-19)30-23-12-20-17-31(10-11-32(20)26(23)35)24-8-4-5-9-28-24/h1-9,13-16,20,23,27H,10-12,17H2,(H,30,34). The molecule has 0 aliphatic carbocycles. The number of H-pyrrole nitrogens is 1. The van der Waals surface area contributed by atoms with Gasteiger partial charge >= 0.3 is 0 Å². The molecule has 2 aliphatic rings. The topological polar surface area (TPSA) is 99.2 Å². The fraction of sp³-hybridized carbons (Fsp3) is 0.231. The van der Waals surface area contributed by atoms with Crippen molar-refractivity contribution < 1.29 is 9.59 Å². The largest absolute Gasteiger partial charge is 0.366 e. The molecule has 2 unspecified atom stereocenters. The summed E-state index contributed by atoms with van der Waals surface area (Å²) in [5.74, 6) is 0.631. The number of nitrogens with zero attached hydrogens (tertiary/aromatic N) is 5. The molecule has 6 rings (SSSR count). The van der Waals surface area contributed by atoms with Crippen LogP contribution in [0, 0.1) is 0 Å². The lowest BCUT2D eigenvalue weighted by Crippen LogP contribution is -2.52. The van der Waals surface area contributed by atoms with Crippen LogP contribution in [0.25, 0.3) is 16.8 Å². The van der Waals surface area contributed by atoms with Crippen molar-refractivity contribution in [1.29, 1.82) is 0 Å². The normalized spacial score (nSPS) is 19.6. The first kappa shape index (κ1) is 21.2. The number of carbonyl (C=O) groups is 2. The van der Waals surface area contributed by atoms with Crippen LogP contribution in [0.15, 0.2) is 79.5 Å². The van der Waals surface area contributed by atoms with Gasteiger partial charge in [0.1, 0.15) is 11.9 Å². The lowest BCUT2D eigenvalue weighted by molar-refractivity contribution is -0.130. The molecular formula is C26H25N7O2. The van der Waals surface area contributed by atoms with Crippen LogP contribution in [0.5, 0.6) is 0 Å². The molecule has 9 heteroatoms. The van der Waals surface area contributed by atoms with Crippen molar-refractivity contribution in [2.45, 2.75) is 18.5 Å². The second-order valence-corrected chi connectivity index (χ2v) is 8.87. The van der Waals surface area contributed by atoms with E-state index in [0.717, 1.165) is 29.2 Å². The van der Waals surface area contributed by atoms with Crippen LogP contribution in [0.1, 0.15) is 16.8 Å². The van der Waals surface area contributed by atoms with Gasteiger partial charge in [0.2, 0.25) is 5.91 Å². The minimum atomic E-state index is -0.536. The quantitative estimate of drug-likeness (QED) is 0.470. The minimum absolute atomic E-state index is 0.0157. The Balaban J connectivity index is 1.16.